The van der Waals surface area contributed by atoms with Gasteiger partial charge in [0.05, 0.1) is 0 Å². The zero-order valence-corrected chi connectivity index (χ0v) is 15.2. The van der Waals surface area contributed by atoms with Crippen LogP contribution in [0.2, 0.25) is 0 Å². The molecule has 0 atom stereocenters. The fourth-order valence-electron chi connectivity index (χ4n) is 2.69. The molecular weight excluding hydrogens is 327 g/mol. The molecule has 3 heteroatoms. The fourth-order valence-corrected chi connectivity index (χ4v) is 5.15. The number of carbonyl (C=O) groups excluding carboxylic acids is 1. The maximum atomic E-state index is 11.6. The minimum absolute atomic E-state index is 0.168. The second kappa shape index (κ2) is 8.60. The monoisotopic (exact) mass is 348 g/mol. The number of esters is 1. The summed E-state index contributed by atoms with van der Waals surface area (Å²) in [4.78, 5) is 11.6. The Morgan fingerprint density at radius 2 is 1.32 bits per heavy atom. The Labute approximate surface area is 150 Å². The van der Waals surface area contributed by atoms with Crippen LogP contribution in [0, 0.1) is 0 Å². The van der Waals surface area contributed by atoms with Crippen molar-refractivity contribution in [3.8, 4) is 0 Å². The van der Waals surface area contributed by atoms with Crippen molar-refractivity contribution in [2.45, 2.75) is 20.0 Å². The van der Waals surface area contributed by atoms with E-state index in [9.17, 15) is 4.79 Å². The zero-order chi connectivity index (χ0) is 17.5. The van der Waals surface area contributed by atoms with Gasteiger partial charge < -0.3 is 4.74 Å². The van der Waals surface area contributed by atoms with Crippen molar-refractivity contribution in [2.75, 3.05) is 0 Å². The van der Waals surface area contributed by atoms with E-state index < -0.39 is 7.92 Å². The highest BCUT2D eigenvalue weighted by Gasteiger charge is 2.19. The molecular formula is C22H21O2P. The summed E-state index contributed by atoms with van der Waals surface area (Å²) in [6, 6.07) is 29.3. The minimum atomic E-state index is -0.693. The van der Waals surface area contributed by atoms with Crippen molar-refractivity contribution in [1.82, 2.24) is 0 Å². The summed E-state index contributed by atoms with van der Waals surface area (Å²) in [5.74, 6) is -0.168. The van der Waals surface area contributed by atoms with E-state index >= 15 is 0 Å². The highest BCUT2D eigenvalue weighted by atomic mass is 31.1. The third kappa shape index (κ3) is 4.35. The van der Waals surface area contributed by atoms with Gasteiger partial charge in [-0.3, -0.25) is 4.79 Å². The summed E-state index contributed by atoms with van der Waals surface area (Å²) >= 11 is 0. The summed E-state index contributed by atoms with van der Waals surface area (Å²) in [5, 5.41) is 3.81. The second-order valence-corrected chi connectivity index (χ2v) is 7.83. The Morgan fingerprint density at radius 3 is 1.88 bits per heavy atom. The molecule has 0 saturated carbocycles. The first-order chi connectivity index (χ1) is 12.3. The lowest BCUT2D eigenvalue weighted by atomic mass is 10.2. The van der Waals surface area contributed by atoms with Crippen LogP contribution < -0.4 is 15.9 Å². The standard InChI is InChI=1S/C22H21O2P/c1-2-22(23)24-17-18-11-9-10-16-21(18)25(19-12-5-3-6-13-19)20-14-7-4-8-15-20/h3-16H,2,17H2,1H3. The maximum absolute atomic E-state index is 11.6. The summed E-state index contributed by atoms with van der Waals surface area (Å²) < 4.78 is 5.41. The molecule has 0 fully saturated rings. The summed E-state index contributed by atoms with van der Waals surface area (Å²) in [5.41, 5.74) is 1.07. The normalized spacial score (nSPS) is 10.6. The molecule has 3 aromatic carbocycles. The Hall–Kier alpha value is -2.44. The van der Waals surface area contributed by atoms with Crippen molar-refractivity contribution < 1.29 is 9.53 Å². The Balaban J connectivity index is 2.04. The SMILES string of the molecule is CCC(=O)OCc1ccccc1P(c1ccccc1)c1ccccc1. The van der Waals surface area contributed by atoms with Crippen LogP contribution >= 0.6 is 7.92 Å². The van der Waals surface area contributed by atoms with E-state index in [1.54, 1.807) is 0 Å². The molecule has 0 aliphatic rings. The molecule has 3 rings (SSSR count). The number of hydrogen-bond donors (Lipinski definition) is 0. The van der Waals surface area contributed by atoms with Gasteiger partial charge in [0, 0.05) is 6.42 Å². The van der Waals surface area contributed by atoms with Gasteiger partial charge in [-0.25, -0.2) is 0 Å². The van der Waals surface area contributed by atoms with Crippen LogP contribution in [-0.4, -0.2) is 5.97 Å². The maximum Gasteiger partial charge on any atom is 0.305 e. The van der Waals surface area contributed by atoms with Gasteiger partial charge in [0.25, 0.3) is 0 Å². The van der Waals surface area contributed by atoms with Gasteiger partial charge in [-0.05, 0) is 29.4 Å². The number of carbonyl (C=O) groups is 1. The summed E-state index contributed by atoms with van der Waals surface area (Å²) in [6.45, 7) is 2.14. The molecule has 0 aliphatic carbocycles. The average molecular weight is 348 g/mol. The van der Waals surface area contributed by atoms with Gasteiger partial charge in [-0.2, -0.15) is 0 Å². The van der Waals surface area contributed by atoms with E-state index in [1.807, 2.05) is 25.1 Å². The van der Waals surface area contributed by atoms with Gasteiger partial charge in [-0.15, -0.1) is 0 Å². The minimum Gasteiger partial charge on any atom is -0.461 e. The van der Waals surface area contributed by atoms with Crippen molar-refractivity contribution >= 4 is 29.8 Å². The largest absolute Gasteiger partial charge is 0.461 e. The molecule has 0 N–H and O–H groups in total. The smallest absolute Gasteiger partial charge is 0.305 e. The van der Waals surface area contributed by atoms with Crippen LogP contribution in [0.1, 0.15) is 18.9 Å². The number of rotatable bonds is 6. The van der Waals surface area contributed by atoms with Gasteiger partial charge in [0.15, 0.2) is 0 Å². The fraction of sp³-hybridized carbons (Fsp3) is 0.136. The van der Waals surface area contributed by atoms with Crippen LogP contribution in [0.3, 0.4) is 0 Å². The van der Waals surface area contributed by atoms with Gasteiger partial charge in [0.2, 0.25) is 0 Å². The third-order valence-electron chi connectivity index (χ3n) is 3.94. The Morgan fingerprint density at radius 1 is 0.800 bits per heavy atom. The molecule has 0 aliphatic heterocycles. The molecule has 0 saturated heterocycles. The molecule has 126 valence electrons. The van der Waals surface area contributed by atoms with Crippen molar-refractivity contribution in [2.24, 2.45) is 0 Å². The molecule has 2 nitrogen and oxygen atoms in total. The molecule has 0 unspecified atom stereocenters. The number of ether oxygens (including phenoxy) is 1. The average Bonchev–Trinajstić information content (AvgIpc) is 2.69. The highest BCUT2D eigenvalue weighted by molar-refractivity contribution is 7.79. The quantitative estimate of drug-likeness (QED) is 0.499. The van der Waals surface area contributed by atoms with Crippen LogP contribution in [0.15, 0.2) is 84.9 Å². The second-order valence-electron chi connectivity index (χ2n) is 5.65. The third-order valence-corrected chi connectivity index (χ3v) is 6.49. The van der Waals surface area contributed by atoms with Gasteiger partial charge in [-0.1, -0.05) is 91.9 Å². The van der Waals surface area contributed by atoms with E-state index in [4.69, 9.17) is 4.74 Å². The molecule has 0 bridgehead atoms. The first-order valence-corrected chi connectivity index (χ1v) is 9.77. The van der Waals surface area contributed by atoms with Crippen molar-refractivity contribution in [3.05, 3.63) is 90.5 Å². The first-order valence-electron chi connectivity index (χ1n) is 8.43. The molecule has 0 heterocycles. The summed E-state index contributed by atoms with van der Waals surface area (Å²) in [7, 11) is -0.693. The molecule has 0 radical (unpaired) electrons. The summed E-state index contributed by atoms with van der Waals surface area (Å²) in [6.07, 6.45) is 0.397. The topological polar surface area (TPSA) is 26.3 Å². The Bertz CT molecular complexity index is 776. The number of benzene rings is 3. The highest BCUT2D eigenvalue weighted by Crippen LogP contribution is 2.34. The lowest BCUT2D eigenvalue weighted by molar-refractivity contribution is -0.144. The Kier molecular flexibility index (Phi) is 5.98. The van der Waals surface area contributed by atoms with Crippen LogP contribution in [0.5, 0.6) is 0 Å². The number of hydrogen-bond acceptors (Lipinski definition) is 2. The molecule has 0 spiro atoms. The van der Waals surface area contributed by atoms with Crippen molar-refractivity contribution in [1.29, 1.82) is 0 Å². The van der Waals surface area contributed by atoms with E-state index in [1.165, 1.54) is 15.9 Å². The van der Waals surface area contributed by atoms with Crippen LogP contribution in [-0.2, 0) is 16.1 Å². The van der Waals surface area contributed by atoms with Crippen molar-refractivity contribution in [3.63, 3.8) is 0 Å². The van der Waals surface area contributed by atoms with Gasteiger partial charge in [0.1, 0.15) is 6.61 Å². The van der Waals surface area contributed by atoms with Gasteiger partial charge >= 0.3 is 5.97 Å². The van der Waals surface area contributed by atoms with E-state index in [2.05, 4.69) is 66.7 Å². The van der Waals surface area contributed by atoms with Crippen LogP contribution in [0.4, 0.5) is 0 Å². The lowest BCUT2D eigenvalue weighted by Crippen LogP contribution is -2.23. The van der Waals surface area contributed by atoms with Crippen LogP contribution in [0.25, 0.3) is 0 Å². The molecule has 0 aromatic heterocycles. The molecule has 0 amide bonds. The first kappa shape index (κ1) is 17.4. The van der Waals surface area contributed by atoms with E-state index in [-0.39, 0.29) is 5.97 Å². The zero-order valence-electron chi connectivity index (χ0n) is 14.3. The predicted molar refractivity (Wildman–Crippen MR) is 105 cm³/mol. The molecule has 3 aromatic rings. The lowest BCUT2D eigenvalue weighted by Gasteiger charge is -2.22. The van der Waals surface area contributed by atoms with E-state index in [0.29, 0.717) is 13.0 Å². The predicted octanol–water partition coefficient (Wildman–Crippen LogP) is 3.90. The molecule has 25 heavy (non-hydrogen) atoms. The van der Waals surface area contributed by atoms with E-state index in [0.717, 1.165) is 5.56 Å².